The fourth-order valence-electron chi connectivity index (χ4n) is 5.43. The molecule has 33 heavy (non-hydrogen) atoms. The molecule has 0 aromatic rings. The van der Waals surface area contributed by atoms with Crippen LogP contribution in [-0.2, 0) is 10.8 Å². The van der Waals surface area contributed by atoms with Gasteiger partial charge in [-0.1, -0.05) is 62.3 Å². The van der Waals surface area contributed by atoms with E-state index in [0.29, 0.717) is 5.92 Å². The van der Waals surface area contributed by atoms with Gasteiger partial charge in [-0.3, -0.25) is 4.21 Å². The Morgan fingerprint density at radius 3 is 2.64 bits per heavy atom. The van der Waals surface area contributed by atoms with E-state index in [1.807, 2.05) is 34.6 Å². The van der Waals surface area contributed by atoms with Gasteiger partial charge in [-0.25, -0.2) is 0 Å². The van der Waals surface area contributed by atoms with Crippen LogP contribution in [-0.4, -0.2) is 25.3 Å². The highest BCUT2D eigenvalue weighted by atomic mass is 32.2. The SMILES string of the molecule is C=C1CCC(O)C/C1=C/C=C1\CCCC2(C)C(CC/C=C(/O)S(=O)C(C)(C)C)=CCC12.CC. The maximum atomic E-state index is 12.3. The van der Waals surface area contributed by atoms with E-state index in [1.54, 1.807) is 6.08 Å². The summed E-state index contributed by atoms with van der Waals surface area (Å²) in [6.07, 6.45) is 17.2. The highest BCUT2D eigenvalue weighted by Gasteiger charge is 2.44. The number of aliphatic hydroxyl groups is 2. The molecule has 3 nitrogen and oxygen atoms in total. The van der Waals surface area contributed by atoms with E-state index < -0.39 is 15.5 Å². The lowest BCUT2D eigenvalue weighted by atomic mass is 9.63. The minimum atomic E-state index is -1.36. The average Bonchev–Trinajstić information content (AvgIpc) is 3.11. The number of fused-ring (bicyclic) bond motifs is 1. The normalized spacial score (nSPS) is 31.7. The predicted molar refractivity (Wildman–Crippen MR) is 143 cm³/mol. The zero-order valence-corrected chi connectivity index (χ0v) is 22.6. The molecule has 0 amide bonds. The quantitative estimate of drug-likeness (QED) is 0.315. The topological polar surface area (TPSA) is 57.5 Å². The van der Waals surface area contributed by atoms with Gasteiger partial charge in [0.15, 0.2) is 5.09 Å². The van der Waals surface area contributed by atoms with E-state index in [4.69, 9.17) is 0 Å². The van der Waals surface area contributed by atoms with Crippen LogP contribution in [0.4, 0.5) is 0 Å². The summed E-state index contributed by atoms with van der Waals surface area (Å²) in [7, 11) is -1.36. The summed E-state index contributed by atoms with van der Waals surface area (Å²) in [5.74, 6) is 0.538. The van der Waals surface area contributed by atoms with Crippen LogP contribution >= 0.6 is 0 Å². The molecule has 0 spiro atoms. The molecule has 0 heterocycles. The van der Waals surface area contributed by atoms with Gasteiger partial charge >= 0.3 is 0 Å². The Kier molecular flexibility index (Phi) is 9.99. The van der Waals surface area contributed by atoms with E-state index in [9.17, 15) is 14.4 Å². The third kappa shape index (κ3) is 6.82. The summed E-state index contributed by atoms with van der Waals surface area (Å²) in [5, 5.41) is 20.2. The molecule has 3 aliphatic rings. The Balaban J connectivity index is 0.00000187. The van der Waals surface area contributed by atoms with Crippen molar-refractivity contribution >= 4 is 10.8 Å². The highest BCUT2D eigenvalue weighted by molar-refractivity contribution is 7.90. The fraction of sp³-hybridized carbons (Fsp3) is 0.655. The van der Waals surface area contributed by atoms with E-state index in [1.165, 1.54) is 35.1 Å². The third-order valence-corrected chi connectivity index (χ3v) is 9.04. The van der Waals surface area contributed by atoms with Crippen LogP contribution in [0.3, 0.4) is 0 Å². The van der Waals surface area contributed by atoms with Gasteiger partial charge in [-0.05, 0) is 102 Å². The minimum Gasteiger partial charge on any atom is -0.501 e. The second-order valence-corrected chi connectivity index (χ2v) is 12.9. The van der Waals surface area contributed by atoms with Gasteiger partial charge in [0.1, 0.15) is 0 Å². The van der Waals surface area contributed by atoms with Crippen LogP contribution in [0.1, 0.15) is 99.3 Å². The number of allylic oxidation sites excluding steroid dienone is 7. The summed E-state index contributed by atoms with van der Waals surface area (Å²) < 4.78 is 11.9. The predicted octanol–water partition coefficient (Wildman–Crippen LogP) is 7.83. The molecule has 0 aromatic carbocycles. The van der Waals surface area contributed by atoms with Crippen molar-refractivity contribution in [1.82, 2.24) is 0 Å². The summed E-state index contributed by atoms with van der Waals surface area (Å²) in [5.41, 5.74) is 5.56. The highest BCUT2D eigenvalue weighted by Crippen LogP contribution is 2.55. The van der Waals surface area contributed by atoms with Crippen molar-refractivity contribution in [2.24, 2.45) is 11.3 Å². The van der Waals surface area contributed by atoms with Gasteiger partial charge < -0.3 is 10.2 Å². The molecule has 0 aliphatic heterocycles. The first kappa shape index (κ1) is 27.9. The molecule has 2 saturated carbocycles. The smallest absolute Gasteiger partial charge is 0.177 e. The second kappa shape index (κ2) is 11.8. The molecule has 0 bridgehead atoms. The molecule has 0 aromatic heterocycles. The standard InChI is InChI=1S/C27H40O3S.C2H6/c1-19-11-15-23(28)18-21(19)13-12-20-8-7-17-27(5)22(14-16-24(20)27)9-6-10-25(29)31(30)26(2,3)4;1-2/h10,12-14,23-24,28-29H,1,6-9,11,15-18H2,2-5H3;1-2H3/b20-12+,21-13-,25-10-;. The maximum Gasteiger partial charge on any atom is 0.177 e. The lowest BCUT2D eigenvalue weighted by Gasteiger charge is -2.41. The summed E-state index contributed by atoms with van der Waals surface area (Å²) in [6.45, 7) is 16.2. The molecule has 0 radical (unpaired) electrons. The molecule has 3 aliphatic carbocycles. The van der Waals surface area contributed by atoms with Crippen molar-refractivity contribution in [3.8, 4) is 0 Å². The first-order valence-corrected chi connectivity index (χ1v) is 13.9. The molecule has 2 N–H and O–H groups in total. The van der Waals surface area contributed by atoms with Crippen LogP contribution < -0.4 is 0 Å². The number of aliphatic hydroxyl groups excluding tert-OH is 2. The summed E-state index contributed by atoms with van der Waals surface area (Å²) in [6, 6.07) is 0. The largest absolute Gasteiger partial charge is 0.501 e. The van der Waals surface area contributed by atoms with Crippen LogP contribution in [0.25, 0.3) is 0 Å². The van der Waals surface area contributed by atoms with Gasteiger partial charge in [0.05, 0.1) is 16.9 Å². The van der Waals surface area contributed by atoms with Gasteiger partial charge in [0.2, 0.25) is 0 Å². The first-order valence-electron chi connectivity index (χ1n) is 12.8. The molecule has 3 rings (SSSR count). The van der Waals surface area contributed by atoms with Crippen LogP contribution in [0.2, 0.25) is 0 Å². The molecular weight excluding hydrogens is 428 g/mol. The Hall–Kier alpha value is -1.39. The average molecular weight is 475 g/mol. The summed E-state index contributed by atoms with van der Waals surface area (Å²) in [4.78, 5) is 0. The number of rotatable bonds is 5. The molecule has 4 heteroatoms. The molecule has 2 fully saturated rings. The van der Waals surface area contributed by atoms with Crippen molar-refractivity contribution in [2.45, 2.75) is 110 Å². The molecule has 4 atom stereocenters. The Morgan fingerprint density at radius 1 is 1.27 bits per heavy atom. The van der Waals surface area contributed by atoms with E-state index in [2.05, 4.69) is 31.7 Å². The van der Waals surface area contributed by atoms with Crippen LogP contribution in [0, 0.1) is 11.3 Å². The van der Waals surface area contributed by atoms with Crippen molar-refractivity contribution in [3.63, 3.8) is 0 Å². The monoisotopic (exact) mass is 474 g/mol. The summed E-state index contributed by atoms with van der Waals surface area (Å²) >= 11 is 0. The zero-order chi connectivity index (χ0) is 24.8. The van der Waals surface area contributed by atoms with Crippen molar-refractivity contribution in [2.75, 3.05) is 0 Å². The first-order chi connectivity index (χ1) is 15.5. The van der Waals surface area contributed by atoms with E-state index in [0.717, 1.165) is 44.9 Å². The van der Waals surface area contributed by atoms with Gasteiger partial charge in [0.25, 0.3) is 0 Å². The van der Waals surface area contributed by atoms with E-state index in [-0.39, 0.29) is 16.6 Å². The Labute approximate surface area is 204 Å². The number of hydrogen-bond acceptors (Lipinski definition) is 3. The van der Waals surface area contributed by atoms with Crippen molar-refractivity contribution < 1.29 is 14.4 Å². The minimum absolute atomic E-state index is 0.0125. The Bertz CT molecular complexity index is 853. The van der Waals surface area contributed by atoms with Gasteiger partial charge in [-0.2, -0.15) is 0 Å². The molecular formula is C29H46O3S. The van der Waals surface area contributed by atoms with Crippen molar-refractivity contribution in [3.05, 3.63) is 58.3 Å². The fourth-order valence-corrected chi connectivity index (χ4v) is 6.33. The van der Waals surface area contributed by atoms with Gasteiger partial charge in [0, 0.05) is 4.75 Å². The maximum absolute atomic E-state index is 12.3. The second-order valence-electron chi connectivity index (χ2n) is 10.7. The third-order valence-electron chi connectivity index (χ3n) is 7.38. The zero-order valence-electron chi connectivity index (χ0n) is 21.7. The molecule has 186 valence electrons. The van der Waals surface area contributed by atoms with Crippen LogP contribution in [0.15, 0.2) is 58.3 Å². The lowest BCUT2D eigenvalue weighted by Crippen LogP contribution is -2.30. The van der Waals surface area contributed by atoms with E-state index >= 15 is 0 Å². The van der Waals surface area contributed by atoms with Crippen molar-refractivity contribution in [1.29, 1.82) is 0 Å². The molecule has 0 saturated heterocycles. The molecule has 4 unspecified atom stereocenters. The van der Waals surface area contributed by atoms with Crippen LogP contribution in [0.5, 0.6) is 0 Å². The van der Waals surface area contributed by atoms with Gasteiger partial charge in [-0.15, -0.1) is 0 Å². The number of hydrogen-bond donors (Lipinski definition) is 2. The lowest BCUT2D eigenvalue weighted by molar-refractivity contribution is 0.158. The Morgan fingerprint density at radius 2 is 1.97 bits per heavy atom.